The Morgan fingerprint density at radius 2 is 1.85 bits per heavy atom. The first-order valence-electron chi connectivity index (χ1n) is 9.99. The Bertz CT molecular complexity index is 1270. The first-order valence-corrected chi connectivity index (χ1v) is 11.4. The van der Waals surface area contributed by atoms with Crippen LogP contribution in [0.5, 0.6) is 0 Å². The number of nitrogens with zero attached hydrogens (tertiary/aromatic N) is 4. The van der Waals surface area contributed by atoms with Crippen LogP contribution in [0, 0.1) is 12.7 Å². The van der Waals surface area contributed by atoms with E-state index >= 15 is 0 Å². The van der Waals surface area contributed by atoms with E-state index in [0.717, 1.165) is 16.8 Å². The Morgan fingerprint density at radius 1 is 1.09 bits per heavy atom. The zero-order valence-corrected chi connectivity index (χ0v) is 19.1. The predicted molar refractivity (Wildman–Crippen MR) is 129 cm³/mol. The van der Waals surface area contributed by atoms with E-state index in [2.05, 4.69) is 20.7 Å². The molecule has 9 heteroatoms. The molecule has 33 heavy (non-hydrogen) atoms. The van der Waals surface area contributed by atoms with Gasteiger partial charge in [-0.05, 0) is 31.2 Å². The lowest BCUT2D eigenvalue weighted by molar-refractivity contribution is -0.118. The molecule has 6 nitrogen and oxygen atoms in total. The second-order valence-electron chi connectivity index (χ2n) is 7.06. The third-order valence-electron chi connectivity index (χ3n) is 4.67. The molecule has 1 amide bonds. The van der Waals surface area contributed by atoms with E-state index < -0.39 is 5.82 Å². The lowest BCUT2D eigenvalue weighted by atomic mass is 10.2. The van der Waals surface area contributed by atoms with Crippen LogP contribution in [0.4, 0.5) is 4.39 Å². The fourth-order valence-electron chi connectivity index (χ4n) is 3.03. The number of hydrogen-bond acceptors (Lipinski definition) is 5. The van der Waals surface area contributed by atoms with E-state index in [-0.39, 0.29) is 22.2 Å². The van der Waals surface area contributed by atoms with Crippen molar-refractivity contribution in [3.63, 3.8) is 0 Å². The van der Waals surface area contributed by atoms with Gasteiger partial charge in [-0.2, -0.15) is 5.10 Å². The van der Waals surface area contributed by atoms with Gasteiger partial charge in [0, 0.05) is 16.8 Å². The molecular formula is C24H19ClFN5OS. The lowest BCUT2D eigenvalue weighted by Gasteiger charge is -2.10. The van der Waals surface area contributed by atoms with Gasteiger partial charge in [0.25, 0.3) is 5.91 Å². The van der Waals surface area contributed by atoms with Crippen LogP contribution in [0.1, 0.15) is 11.1 Å². The largest absolute Gasteiger partial charge is 0.272 e. The molecule has 0 atom stereocenters. The number of halogens is 2. The maximum Gasteiger partial charge on any atom is 0.250 e. The van der Waals surface area contributed by atoms with Crippen LogP contribution in [0.25, 0.3) is 17.1 Å². The molecule has 1 heterocycles. The number of benzene rings is 3. The van der Waals surface area contributed by atoms with Gasteiger partial charge in [-0.3, -0.25) is 9.36 Å². The van der Waals surface area contributed by atoms with Crippen molar-refractivity contribution >= 4 is 35.5 Å². The highest BCUT2D eigenvalue weighted by Gasteiger charge is 2.17. The van der Waals surface area contributed by atoms with Gasteiger partial charge in [-0.25, -0.2) is 9.82 Å². The second kappa shape index (κ2) is 10.4. The molecule has 0 aliphatic heterocycles. The summed E-state index contributed by atoms with van der Waals surface area (Å²) < 4.78 is 15.7. The average Bonchev–Trinajstić information content (AvgIpc) is 3.25. The van der Waals surface area contributed by atoms with Crippen LogP contribution < -0.4 is 5.43 Å². The summed E-state index contributed by atoms with van der Waals surface area (Å²) in [6, 6.07) is 22.0. The van der Waals surface area contributed by atoms with E-state index in [1.165, 1.54) is 30.1 Å². The minimum absolute atomic E-state index is 0.0428. The molecule has 0 bridgehead atoms. The van der Waals surface area contributed by atoms with Gasteiger partial charge in [0.2, 0.25) is 0 Å². The Morgan fingerprint density at radius 3 is 2.58 bits per heavy atom. The van der Waals surface area contributed by atoms with Gasteiger partial charge >= 0.3 is 0 Å². The minimum atomic E-state index is -0.519. The maximum atomic E-state index is 13.8. The highest BCUT2D eigenvalue weighted by atomic mass is 35.5. The summed E-state index contributed by atoms with van der Waals surface area (Å²) in [6.45, 7) is 2.02. The zero-order valence-electron chi connectivity index (χ0n) is 17.6. The number of nitrogens with one attached hydrogen (secondary N) is 1. The summed E-state index contributed by atoms with van der Waals surface area (Å²) in [5.41, 5.74) is 5.43. The molecule has 4 rings (SSSR count). The lowest BCUT2D eigenvalue weighted by Crippen LogP contribution is -2.20. The van der Waals surface area contributed by atoms with E-state index in [1.807, 2.05) is 66.1 Å². The normalized spacial score (nSPS) is 11.1. The maximum absolute atomic E-state index is 13.8. The van der Waals surface area contributed by atoms with Crippen LogP contribution in [-0.4, -0.2) is 32.6 Å². The van der Waals surface area contributed by atoms with E-state index in [4.69, 9.17) is 11.6 Å². The van der Waals surface area contributed by atoms with Crippen LogP contribution in [0.2, 0.25) is 5.02 Å². The fourth-order valence-corrected chi connectivity index (χ4v) is 3.99. The molecule has 0 saturated heterocycles. The number of hydrazone groups is 1. The molecule has 1 aromatic heterocycles. The quantitative estimate of drug-likeness (QED) is 0.222. The molecule has 0 radical (unpaired) electrons. The summed E-state index contributed by atoms with van der Waals surface area (Å²) in [4.78, 5) is 12.3. The van der Waals surface area contributed by atoms with Crippen molar-refractivity contribution < 1.29 is 9.18 Å². The molecule has 0 saturated carbocycles. The highest BCUT2D eigenvalue weighted by Crippen LogP contribution is 2.28. The first kappa shape index (κ1) is 22.7. The predicted octanol–water partition coefficient (Wildman–Crippen LogP) is 5.28. The Kier molecular flexibility index (Phi) is 7.16. The standard InChI is InChI=1S/C24H19ClFN5OS/c1-16-10-12-18(13-11-16)31-23(17-6-3-2-4-7-17)29-30-24(31)33-15-22(32)28-27-14-19-20(25)8-5-9-21(19)26/h2-14H,15H2,1H3,(H,28,32)/b27-14+. The summed E-state index contributed by atoms with van der Waals surface area (Å²) in [5.74, 6) is -0.172. The van der Waals surface area contributed by atoms with Crippen LogP contribution in [0.15, 0.2) is 83.1 Å². The first-order chi connectivity index (χ1) is 16.0. The summed E-state index contributed by atoms with van der Waals surface area (Å²) >= 11 is 7.18. The molecule has 0 fully saturated rings. The third kappa shape index (κ3) is 5.47. The Hall–Kier alpha value is -3.49. The zero-order chi connectivity index (χ0) is 23.2. The summed E-state index contributed by atoms with van der Waals surface area (Å²) in [5, 5.41) is 13.3. The summed E-state index contributed by atoms with van der Waals surface area (Å²) in [6.07, 6.45) is 1.18. The molecule has 0 unspecified atom stereocenters. The van der Waals surface area contributed by atoms with Crippen LogP contribution in [0.3, 0.4) is 0 Å². The average molecular weight is 480 g/mol. The van der Waals surface area contributed by atoms with Crippen molar-refractivity contribution in [2.24, 2.45) is 5.10 Å². The van der Waals surface area contributed by atoms with E-state index in [9.17, 15) is 9.18 Å². The van der Waals surface area contributed by atoms with Gasteiger partial charge in [-0.1, -0.05) is 77.5 Å². The topological polar surface area (TPSA) is 72.2 Å². The Labute approximate surface area is 199 Å². The molecule has 166 valence electrons. The van der Waals surface area contributed by atoms with Crippen LogP contribution in [-0.2, 0) is 4.79 Å². The number of hydrogen-bond donors (Lipinski definition) is 1. The summed E-state index contributed by atoms with van der Waals surface area (Å²) in [7, 11) is 0. The van der Waals surface area contributed by atoms with Crippen LogP contribution >= 0.6 is 23.4 Å². The van der Waals surface area contributed by atoms with E-state index in [0.29, 0.717) is 11.0 Å². The number of thioether (sulfide) groups is 1. The number of aryl methyl sites for hydroxylation is 1. The van der Waals surface area contributed by atoms with Crippen molar-refractivity contribution in [2.45, 2.75) is 12.1 Å². The van der Waals surface area contributed by atoms with Crippen molar-refractivity contribution in [3.8, 4) is 17.1 Å². The molecule has 1 N–H and O–H groups in total. The molecule has 4 aromatic rings. The number of carbonyl (C=O) groups excluding carboxylic acids is 1. The monoisotopic (exact) mass is 479 g/mol. The highest BCUT2D eigenvalue weighted by molar-refractivity contribution is 7.99. The Balaban J connectivity index is 1.51. The number of carbonyl (C=O) groups is 1. The smallest absolute Gasteiger partial charge is 0.250 e. The van der Waals surface area contributed by atoms with Gasteiger partial charge in [-0.15, -0.1) is 10.2 Å². The molecular weight excluding hydrogens is 461 g/mol. The minimum Gasteiger partial charge on any atom is -0.272 e. The van der Waals surface area contributed by atoms with Gasteiger partial charge in [0.1, 0.15) is 5.82 Å². The van der Waals surface area contributed by atoms with E-state index in [1.54, 1.807) is 6.07 Å². The van der Waals surface area contributed by atoms with Crippen molar-refractivity contribution in [2.75, 3.05) is 5.75 Å². The van der Waals surface area contributed by atoms with Crippen molar-refractivity contribution in [1.29, 1.82) is 0 Å². The SMILES string of the molecule is Cc1ccc(-n2c(SCC(=O)N/N=C/c3c(F)cccc3Cl)nnc2-c2ccccc2)cc1. The third-order valence-corrected chi connectivity index (χ3v) is 5.93. The van der Waals surface area contributed by atoms with Gasteiger partial charge < -0.3 is 0 Å². The molecule has 0 aliphatic carbocycles. The molecule has 0 aliphatic rings. The number of rotatable bonds is 7. The second-order valence-corrected chi connectivity index (χ2v) is 8.41. The fraction of sp³-hybridized carbons (Fsp3) is 0.0833. The van der Waals surface area contributed by atoms with Gasteiger partial charge in [0.05, 0.1) is 17.0 Å². The van der Waals surface area contributed by atoms with Crippen molar-refractivity contribution in [1.82, 2.24) is 20.2 Å². The van der Waals surface area contributed by atoms with Crippen molar-refractivity contribution in [3.05, 3.63) is 94.8 Å². The number of amides is 1. The van der Waals surface area contributed by atoms with Gasteiger partial charge in [0.15, 0.2) is 11.0 Å². The molecule has 3 aromatic carbocycles. The molecule has 0 spiro atoms. The number of aromatic nitrogens is 3.